The molecule has 0 unspecified atom stereocenters. The third-order valence-electron chi connectivity index (χ3n) is 3.81. The Hall–Kier alpha value is -3.15. The molecule has 6 heteroatoms. The Bertz CT molecular complexity index is 798. The molecule has 6 nitrogen and oxygen atoms in total. The molecule has 0 spiro atoms. The van der Waals surface area contributed by atoms with Crippen LogP contribution < -0.4 is 10.7 Å². The largest absolute Gasteiger partial charge is 0.507 e. The number of carbonyl (C=O) groups is 2. The third-order valence-corrected chi connectivity index (χ3v) is 3.81. The number of rotatable bonds is 7. The Balaban J connectivity index is 1.96. The highest BCUT2D eigenvalue weighted by molar-refractivity contribution is 6.02. The zero-order chi connectivity index (χ0) is 18.9. The first-order valence-electron chi connectivity index (χ1n) is 8.54. The Labute approximate surface area is 152 Å². The fourth-order valence-corrected chi connectivity index (χ4v) is 2.30. The van der Waals surface area contributed by atoms with Gasteiger partial charge >= 0.3 is 0 Å². The summed E-state index contributed by atoms with van der Waals surface area (Å²) in [4.78, 5) is 23.9. The first-order valence-corrected chi connectivity index (χ1v) is 8.54. The van der Waals surface area contributed by atoms with Crippen LogP contribution >= 0.6 is 0 Å². The van der Waals surface area contributed by atoms with Crippen LogP contribution in [0.5, 0.6) is 5.75 Å². The standard InChI is InChI=1S/C20H23N3O3/c1-3-4-9-19(25)21-16-12-10-15(11-13-16)20(26)23-22-14(2)17-7-5-6-8-18(17)24/h5-8,10-13,24H,3-4,9H2,1-2H3,(H,21,25)(H,23,26)/b22-14+. The Morgan fingerprint density at radius 1 is 1.08 bits per heavy atom. The van der Waals surface area contributed by atoms with Crippen molar-refractivity contribution in [2.45, 2.75) is 33.1 Å². The number of nitrogens with zero attached hydrogens (tertiary/aromatic N) is 1. The summed E-state index contributed by atoms with van der Waals surface area (Å²) < 4.78 is 0. The molecule has 0 aliphatic carbocycles. The SMILES string of the molecule is CCCCC(=O)Nc1ccc(C(=O)N/N=C(\C)c2ccccc2O)cc1. The van der Waals surface area contributed by atoms with Gasteiger partial charge in [-0.25, -0.2) is 5.43 Å². The van der Waals surface area contributed by atoms with Gasteiger partial charge in [0.05, 0.1) is 5.71 Å². The van der Waals surface area contributed by atoms with E-state index in [1.807, 2.05) is 6.92 Å². The summed E-state index contributed by atoms with van der Waals surface area (Å²) in [7, 11) is 0. The molecule has 3 N–H and O–H groups in total. The van der Waals surface area contributed by atoms with Crippen LogP contribution in [0.15, 0.2) is 53.6 Å². The van der Waals surface area contributed by atoms with E-state index in [-0.39, 0.29) is 17.6 Å². The number of phenolic OH excluding ortho intramolecular Hbond substituents is 1. The van der Waals surface area contributed by atoms with Gasteiger partial charge in [-0.1, -0.05) is 25.5 Å². The predicted octanol–water partition coefficient (Wildman–Crippen LogP) is 3.67. The maximum absolute atomic E-state index is 12.2. The second-order valence-electron chi connectivity index (χ2n) is 5.88. The summed E-state index contributed by atoms with van der Waals surface area (Å²) in [5.74, 6) is -0.304. The van der Waals surface area contributed by atoms with E-state index in [1.54, 1.807) is 55.5 Å². The van der Waals surface area contributed by atoms with Crippen molar-refractivity contribution in [1.82, 2.24) is 5.43 Å². The van der Waals surface area contributed by atoms with E-state index in [0.717, 1.165) is 12.8 Å². The molecular formula is C20H23N3O3. The molecule has 0 aromatic heterocycles. The number of para-hydroxylation sites is 1. The number of amides is 2. The summed E-state index contributed by atoms with van der Waals surface area (Å²) in [6.07, 6.45) is 2.30. The first-order chi connectivity index (χ1) is 12.5. The van der Waals surface area contributed by atoms with Gasteiger partial charge in [-0.05, 0) is 49.7 Å². The lowest BCUT2D eigenvalue weighted by Crippen LogP contribution is -2.19. The third kappa shape index (κ3) is 5.44. The Kier molecular flexibility index (Phi) is 6.91. The van der Waals surface area contributed by atoms with E-state index in [1.165, 1.54) is 0 Å². The second-order valence-corrected chi connectivity index (χ2v) is 5.88. The molecule has 2 rings (SSSR count). The summed E-state index contributed by atoms with van der Waals surface area (Å²) in [5.41, 5.74) is 4.58. The van der Waals surface area contributed by atoms with Gasteiger partial charge in [-0.3, -0.25) is 9.59 Å². The molecular weight excluding hydrogens is 330 g/mol. The van der Waals surface area contributed by atoms with Crippen LogP contribution in [0.25, 0.3) is 0 Å². The second kappa shape index (κ2) is 9.36. The minimum Gasteiger partial charge on any atom is -0.507 e. The van der Waals surface area contributed by atoms with Gasteiger partial charge < -0.3 is 10.4 Å². The van der Waals surface area contributed by atoms with E-state index >= 15 is 0 Å². The van der Waals surface area contributed by atoms with Crippen molar-refractivity contribution < 1.29 is 14.7 Å². The first kappa shape index (κ1) is 19.2. The zero-order valence-electron chi connectivity index (χ0n) is 15.0. The molecule has 0 atom stereocenters. The minimum absolute atomic E-state index is 0.0352. The fourth-order valence-electron chi connectivity index (χ4n) is 2.30. The highest BCUT2D eigenvalue weighted by Crippen LogP contribution is 2.16. The number of phenols is 1. The molecule has 2 aromatic carbocycles. The van der Waals surface area contributed by atoms with Crippen LogP contribution in [-0.2, 0) is 4.79 Å². The number of anilines is 1. The van der Waals surface area contributed by atoms with Crippen LogP contribution in [0.1, 0.15) is 49.0 Å². The minimum atomic E-state index is -0.372. The van der Waals surface area contributed by atoms with Crippen molar-refractivity contribution in [3.8, 4) is 5.75 Å². The highest BCUT2D eigenvalue weighted by Gasteiger charge is 2.08. The smallest absolute Gasteiger partial charge is 0.271 e. The fraction of sp³-hybridized carbons (Fsp3) is 0.250. The number of benzene rings is 2. The predicted molar refractivity (Wildman–Crippen MR) is 102 cm³/mol. The number of hydrazone groups is 1. The number of nitrogens with one attached hydrogen (secondary N) is 2. The summed E-state index contributed by atoms with van der Waals surface area (Å²) in [6.45, 7) is 3.73. The van der Waals surface area contributed by atoms with Gasteiger partial charge in [0.15, 0.2) is 0 Å². The van der Waals surface area contributed by atoms with E-state index in [0.29, 0.717) is 28.9 Å². The number of aromatic hydroxyl groups is 1. The topological polar surface area (TPSA) is 90.8 Å². The van der Waals surface area contributed by atoms with Crippen LogP contribution in [0, 0.1) is 0 Å². The molecule has 26 heavy (non-hydrogen) atoms. The monoisotopic (exact) mass is 353 g/mol. The van der Waals surface area contributed by atoms with E-state index in [9.17, 15) is 14.7 Å². The highest BCUT2D eigenvalue weighted by atomic mass is 16.3. The molecule has 2 amide bonds. The number of hydrogen-bond acceptors (Lipinski definition) is 4. The van der Waals surface area contributed by atoms with Crippen molar-refractivity contribution in [1.29, 1.82) is 0 Å². The average molecular weight is 353 g/mol. The molecule has 0 saturated heterocycles. The van der Waals surface area contributed by atoms with Gasteiger partial charge in [0.1, 0.15) is 5.75 Å². The number of carbonyl (C=O) groups excluding carboxylic acids is 2. The van der Waals surface area contributed by atoms with E-state index in [2.05, 4.69) is 15.8 Å². The molecule has 0 heterocycles. The summed E-state index contributed by atoms with van der Waals surface area (Å²) >= 11 is 0. The van der Waals surface area contributed by atoms with Crippen molar-refractivity contribution in [2.75, 3.05) is 5.32 Å². The molecule has 0 saturated carbocycles. The van der Waals surface area contributed by atoms with E-state index in [4.69, 9.17) is 0 Å². The lowest BCUT2D eigenvalue weighted by Gasteiger charge is -2.07. The van der Waals surface area contributed by atoms with Crippen LogP contribution in [0.4, 0.5) is 5.69 Å². The number of unbranched alkanes of at least 4 members (excludes halogenated alkanes) is 1. The normalized spacial score (nSPS) is 11.1. The van der Waals surface area contributed by atoms with Gasteiger partial charge in [-0.2, -0.15) is 5.10 Å². The molecule has 0 aliphatic heterocycles. The van der Waals surface area contributed by atoms with Crippen molar-refractivity contribution in [2.24, 2.45) is 5.10 Å². The maximum Gasteiger partial charge on any atom is 0.271 e. The summed E-state index contributed by atoms with van der Waals surface area (Å²) in [5, 5.41) is 16.6. The van der Waals surface area contributed by atoms with Crippen molar-refractivity contribution in [3.05, 3.63) is 59.7 Å². The molecule has 136 valence electrons. The maximum atomic E-state index is 12.2. The van der Waals surface area contributed by atoms with Crippen molar-refractivity contribution >= 4 is 23.2 Å². The van der Waals surface area contributed by atoms with Gasteiger partial charge in [0.2, 0.25) is 5.91 Å². The molecule has 2 aromatic rings. The molecule has 0 radical (unpaired) electrons. The van der Waals surface area contributed by atoms with Crippen molar-refractivity contribution in [3.63, 3.8) is 0 Å². The average Bonchev–Trinajstić information content (AvgIpc) is 2.65. The zero-order valence-corrected chi connectivity index (χ0v) is 15.0. The molecule has 0 aliphatic rings. The Morgan fingerprint density at radius 2 is 1.77 bits per heavy atom. The summed E-state index contributed by atoms with van der Waals surface area (Å²) in [6, 6.07) is 13.4. The van der Waals surface area contributed by atoms with Crippen LogP contribution in [-0.4, -0.2) is 22.6 Å². The van der Waals surface area contributed by atoms with Gasteiger partial charge in [0.25, 0.3) is 5.91 Å². The Morgan fingerprint density at radius 3 is 2.42 bits per heavy atom. The van der Waals surface area contributed by atoms with Crippen LogP contribution in [0.3, 0.4) is 0 Å². The lowest BCUT2D eigenvalue weighted by atomic mass is 10.1. The van der Waals surface area contributed by atoms with Gasteiger partial charge in [-0.15, -0.1) is 0 Å². The quantitative estimate of drug-likeness (QED) is 0.524. The molecule has 0 bridgehead atoms. The number of hydrogen-bond donors (Lipinski definition) is 3. The van der Waals surface area contributed by atoms with Gasteiger partial charge in [0, 0.05) is 23.2 Å². The van der Waals surface area contributed by atoms with Crippen LogP contribution in [0.2, 0.25) is 0 Å². The lowest BCUT2D eigenvalue weighted by molar-refractivity contribution is -0.116. The van der Waals surface area contributed by atoms with E-state index < -0.39 is 0 Å². The molecule has 0 fully saturated rings.